The first-order valence-electron chi connectivity index (χ1n) is 8.77. The van der Waals surface area contributed by atoms with Gasteiger partial charge in [0.25, 0.3) is 0 Å². The lowest BCUT2D eigenvalue weighted by Gasteiger charge is -2.27. The molecule has 0 aromatic heterocycles. The predicted octanol–water partition coefficient (Wildman–Crippen LogP) is 3.50. The van der Waals surface area contributed by atoms with Crippen molar-refractivity contribution in [2.45, 2.75) is 20.4 Å². The summed E-state index contributed by atoms with van der Waals surface area (Å²) in [7, 11) is 1.69. The summed E-state index contributed by atoms with van der Waals surface area (Å²) < 4.78 is 5.22. The quantitative estimate of drug-likeness (QED) is 0.700. The highest BCUT2D eigenvalue weighted by Crippen LogP contribution is 2.19. The van der Waals surface area contributed by atoms with Crippen molar-refractivity contribution in [3.8, 4) is 0 Å². The van der Waals surface area contributed by atoms with Crippen LogP contribution in [0.5, 0.6) is 0 Å². The van der Waals surface area contributed by atoms with Gasteiger partial charge in [-0.15, -0.1) is 0 Å². The number of anilines is 1. The molecule has 0 spiro atoms. The number of carbonyl (C=O) groups excluding carboxylic acids is 1. The lowest BCUT2D eigenvalue weighted by molar-refractivity contribution is -0.120. The number of ether oxygens (including phenoxy) is 1. The summed E-state index contributed by atoms with van der Waals surface area (Å²) in [6.45, 7) is 7.16. The van der Waals surface area contributed by atoms with Gasteiger partial charge in [-0.25, -0.2) is 0 Å². The molecule has 4 heteroatoms. The number of rotatable bonds is 9. The molecule has 0 N–H and O–H groups in total. The van der Waals surface area contributed by atoms with E-state index >= 15 is 0 Å². The predicted molar refractivity (Wildman–Crippen MR) is 103 cm³/mol. The summed E-state index contributed by atoms with van der Waals surface area (Å²) in [6.07, 6.45) is 0. The van der Waals surface area contributed by atoms with Crippen molar-refractivity contribution in [3.05, 3.63) is 65.7 Å². The van der Waals surface area contributed by atoms with E-state index in [-0.39, 0.29) is 5.91 Å². The number of likely N-dealkylation sites (N-methyl/N-ethyl adjacent to an activating group) is 1. The van der Waals surface area contributed by atoms with Crippen LogP contribution in [0.25, 0.3) is 0 Å². The molecule has 0 bridgehead atoms. The topological polar surface area (TPSA) is 32.8 Å². The normalized spacial score (nSPS) is 10.9. The van der Waals surface area contributed by atoms with Crippen LogP contribution in [0.4, 0.5) is 5.69 Å². The molecule has 2 aromatic rings. The summed E-state index contributed by atoms with van der Waals surface area (Å²) in [5.41, 5.74) is 3.30. The fourth-order valence-corrected chi connectivity index (χ4v) is 2.90. The Kier molecular flexibility index (Phi) is 7.64. The Morgan fingerprint density at radius 3 is 2.36 bits per heavy atom. The average molecular weight is 340 g/mol. The molecule has 0 fully saturated rings. The van der Waals surface area contributed by atoms with E-state index in [0.29, 0.717) is 19.7 Å². The third-order valence-electron chi connectivity index (χ3n) is 4.24. The summed E-state index contributed by atoms with van der Waals surface area (Å²) in [5.74, 6) is 0.115. The molecule has 0 heterocycles. The minimum Gasteiger partial charge on any atom is -0.383 e. The third kappa shape index (κ3) is 5.69. The molecule has 0 aliphatic rings. The maximum atomic E-state index is 12.9. The molecule has 0 aliphatic heterocycles. The molecule has 0 radical (unpaired) electrons. The van der Waals surface area contributed by atoms with Crippen molar-refractivity contribution in [1.82, 2.24) is 4.90 Å². The smallest absolute Gasteiger partial charge is 0.241 e. The molecule has 25 heavy (non-hydrogen) atoms. The number of para-hydroxylation sites is 1. The van der Waals surface area contributed by atoms with Gasteiger partial charge in [0.1, 0.15) is 0 Å². The summed E-state index contributed by atoms with van der Waals surface area (Å²) >= 11 is 0. The van der Waals surface area contributed by atoms with E-state index in [4.69, 9.17) is 4.74 Å². The fraction of sp³-hybridized carbons (Fsp3) is 0.381. The van der Waals surface area contributed by atoms with Gasteiger partial charge in [-0.1, -0.05) is 48.5 Å². The molecule has 0 saturated heterocycles. The number of benzene rings is 2. The van der Waals surface area contributed by atoms with E-state index in [1.165, 1.54) is 5.56 Å². The molecular weight excluding hydrogens is 312 g/mol. The van der Waals surface area contributed by atoms with Crippen LogP contribution < -0.4 is 4.90 Å². The van der Waals surface area contributed by atoms with E-state index < -0.39 is 0 Å². The third-order valence-corrected chi connectivity index (χ3v) is 4.24. The van der Waals surface area contributed by atoms with Gasteiger partial charge in [-0.2, -0.15) is 0 Å². The second-order valence-corrected chi connectivity index (χ2v) is 6.11. The van der Waals surface area contributed by atoms with Gasteiger partial charge in [0, 0.05) is 32.4 Å². The van der Waals surface area contributed by atoms with Gasteiger partial charge >= 0.3 is 0 Å². The maximum absolute atomic E-state index is 12.9. The van der Waals surface area contributed by atoms with Crippen molar-refractivity contribution < 1.29 is 9.53 Å². The molecule has 2 aromatic carbocycles. The lowest BCUT2D eigenvalue weighted by atomic mass is 10.1. The minimum absolute atomic E-state index is 0.115. The standard InChI is InChI=1S/C21H28N2O2/c1-4-23(20-13-9-8-10-18(20)2)21(24)17-22(14-15-25-3)16-19-11-6-5-7-12-19/h5-13H,4,14-17H2,1-3H3. The van der Waals surface area contributed by atoms with E-state index in [1.807, 2.05) is 61.2 Å². The zero-order chi connectivity index (χ0) is 18.1. The molecule has 0 saturated carbocycles. The van der Waals surface area contributed by atoms with Crippen LogP contribution in [0.15, 0.2) is 54.6 Å². The van der Waals surface area contributed by atoms with Gasteiger partial charge in [-0.3, -0.25) is 9.69 Å². The first-order valence-corrected chi connectivity index (χ1v) is 8.77. The Morgan fingerprint density at radius 1 is 1.04 bits per heavy atom. The molecule has 0 aliphatic carbocycles. The number of nitrogens with zero attached hydrogens (tertiary/aromatic N) is 2. The fourth-order valence-electron chi connectivity index (χ4n) is 2.90. The van der Waals surface area contributed by atoms with Gasteiger partial charge in [0.05, 0.1) is 13.2 Å². The number of carbonyl (C=O) groups is 1. The highest BCUT2D eigenvalue weighted by molar-refractivity contribution is 5.95. The first kappa shape index (κ1) is 19.2. The van der Waals surface area contributed by atoms with Crippen molar-refractivity contribution >= 4 is 11.6 Å². The molecule has 4 nitrogen and oxygen atoms in total. The Morgan fingerprint density at radius 2 is 1.72 bits per heavy atom. The highest BCUT2D eigenvalue weighted by Gasteiger charge is 2.19. The van der Waals surface area contributed by atoms with Gasteiger partial charge in [-0.05, 0) is 31.0 Å². The SMILES string of the molecule is CCN(C(=O)CN(CCOC)Cc1ccccc1)c1ccccc1C. The van der Waals surface area contributed by atoms with Crippen molar-refractivity contribution in [3.63, 3.8) is 0 Å². The zero-order valence-corrected chi connectivity index (χ0v) is 15.4. The van der Waals surface area contributed by atoms with Crippen LogP contribution >= 0.6 is 0 Å². The second-order valence-electron chi connectivity index (χ2n) is 6.11. The monoisotopic (exact) mass is 340 g/mol. The Balaban J connectivity index is 2.10. The summed E-state index contributed by atoms with van der Waals surface area (Å²) in [6, 6.07) is 18.2. The minimum atomic E-state index is 0.115. The van der Waals surface area contributed by atoms with Gasteiger partial charge < -0.3 is 9.64 Å². The maximum Gasteiger partial charge on any atom is 0.241 e. The molecule has 0 unspecified atom stereocenters. The van der Waals surface area contributed by atoms with E-state index in [9.17, 15) is 4.79 Å². The molecule has 1 amide bonds. The Labute approximate surface area is 151 Å². The first-order chi connectivity index (χ1) is 12.2. The molecule has 2 rings (SSSR count). The van der Waals surface area contributed by atoms with Crippen LogP contribution in [0.1, 0.15) is 18.1 Å². The summed E-state index contributed by atoms with van der Waals surface area (Å²) in [5, 5.41) is 0. The van der Waals surface area contributed by atoms with E-state index in [0.717, 1.165) is 24.3 Å². The largest absolute Gasteiger partial charge is 0.383 e. The van der Waals surface area contributed by atoms with Crippen LogP contribution in [0.2, 0.25) is 0 Å². The van der Waals surface area contributed by atoms with Crippen molar-refractivity contribution in [1.29, 1.82) is 0 Å². The summed E-state index contributed by atoms with van der Waals surface area (Å²) in [4.78, 5) is 16.9. The highest BCUT2D eigenvalue weighted by atomic mass is 16.5. The second kappa shape index (κ2) is 9.97. The van der Waals surface area contributed by atoms with Crippen LogP contribution in [-0.2, 0) is 16.1 Å². The van der Waals surface area contributed by atoms with Crippen molar-refractivity contribution in [2.24, 2.45) is 0 Å². The number of methoxy groups -OCH3 is 1. The number of aryl methyl sites for hydroxylation is 1. The number of hydrogen-bond acceptors (Lipinski definition) is 3. The van der Waals surface area contributed by atoms with Crippen LogP contribution in [0, 0.1) is 6.92 Å². The molecule has 0 atom stereocenters. The lowest BCUT2D eigenvalue weighted by Crippen LogP contribution is -2.41. The number of amides is 1. The van der Waals surface area contributed by atoms with E-state index in [2.05, 4.69) is 17.0 Å². The van der Waals surface area contributed by atoms with Crippen molar-refractivity contribution in [2.75, 3.05) is 38.3 Å². The average Bonchev–Trinajstić information content (AvgIpc) is 2.62. The zero-order valence-electron chi connectivity index (χ0n) is 15.4. The Hall–Kier alpha value is -2.17. The van der Waals surface area contributed by atoms with Gasteiger partial charge in [0.15, 0.2) is 0 Å². The van der Waals surface area contributed by atoms with Gasteiger partial charge in [0.2, 0.25) is 5.91 Å². The number of hydrogen-bond donors (Lipinski definition) is 0. The van der Waals surface area contributed by atoms with Crippen LogP contribution in [-0.4, -0.2) is 44.2 Å². The molecule has 134 valence electrons. The molecular formula is C21H28N2O2. The van der Waals surface area contributed by atoms with E-state index in [1.54, 1.807) is 7.11 Å². The Bertz CT molecular complexity index is 658. The van der Waals surface area contributed by atoms with Crippen LogP contribution in [0.3, 0.4) is 0 Å².